The summed E-state index contributed by atoms with van der Waals surface area (Å²) in [5.74, 6) is 0.528. The number of carbonyl (C=O) groups is 2. The standard InChI is InChI=1S/C19H23N3O3/c1-4-18(23)22-17-11-15(6-5-13(17)2)20-12-19(24)21-14-7-9-16(25-3)10-8-14/h5-11,20H,4,12H2,1-3H3,(H,21,24)(H,22,23). The number of ether oxygens (including phenoxy) is 1. The van der Waals surface area contributed by atoms with Crippen LogP contribution in [-0.4, -0.2) is 25.5 Å². The van der Waals surface area contributed by atoms with Gasteiger partial charge in [0, 0.05) is 23.5 Å². The van der Waals surface area contributed by atoms with Crippen LogP contribution in [0, 0.1) is 6.92 Å². The van der Waals surface area contributed by atoms with Crippen LogP contribution in [0.25, 0.3) is 0 Å². The highest BCUT2D eigenvalue weighted by Crippen LogP contribution is 2.20. The second kappa shape index (κ2) is 8.73. The fraction of sp³-hybridized carbons (Fsp3) is 0.263. The number of hydrogen-bond donors (Lipinski definition) is 3. The fourth-order valence-electron chi connectivity index (χ4n) is 2.17. The first kappa shape index (κ1) is 18.3. The van der Waals surface area contributed by atoms with E-state index in [0.29, 0.717) is 12.1 Å². The van der Waals surface area contributed by atoms with Crippen molar-refractivity contribution in [2.24, 2.45) is 0 Å². The molecule has 0 saturated heterocycles. The Morgan fingerprint density at radius 1 is 0.960 bits per heavy atom. The minimum Gasteiger partial charge on any atom is -0.497 e. The van der Waals surface area contributed by atoms with Gasteiger partial charge in [-0.05, 0) is 48.9 Å². The Labute approximate surface area is 147 Å². The fourth-order valence-corrected chi connectivity index (χ4v) is 2.17. The number of anilines is 3. The largest absolute Gasteiger partial charge is 0.497 e. The molecular formula is C19H23N3O3. The summed E-state index contributed by atoms with van der Waals surface area (Å²) in [7, 11) is 1.59. The van der Waals surface area contributed by atoms with Crippen molar-refractivity contribution in [2.45, 2.75) is 20.3 Å². The van der Waals surface area contributed by atoms with Crippen molar-refractivity contribution in [2.75, 3.05) is 29.6 Å². The van der Waals surface area contributed by atoms with Crippen LogP contribution in [0.5, 0.6) is 5.75 Å². The zero-order chi connectivity index (χ0) is 18.2. The molecule has 0 saturated carbocycles. The zero-order valence-corrected chi connectivity index (χ0v) is 14.7. The Morgan fingerprint density at radius 2 is 1.64 bits per heavy atom. The summed E-state index contributed by atoms with van der Waals surface area (Å²) < 4.78 is 5.08. The normalized spacial score (nSPS) is 10.0. The first-order valence-corrected chi connectivity index (χ1v) is 8.10. The monoisotopic (exact) mass is 341 g/mol. The summed E-state index contributed by atoms with van der Waals surface area (Å²) in [4.78, 5) is 23.6. The third kappa shape index (κ3) is 5.53. The summed E-state index contributed by atoms with van der Waals surface area (Å²) >= 11 is 0. The summed E-state index contributed by atoms with van der Waals surface area (Å²) in [6, 6.07) is 12.7. The molecule has 0 unspecified atom stereocenters. The minimum absolute atomic E-state index is 0.0440. The summed E-state index contributed by atoms with van der Waals surface area (Å²) in [5, 5.41) is 8.71. The van der Waals surface area contributed by atoms with Gasteiger partial charge < -0.3 is 20.7 Å². The van der Waals surface area contributed by atoms with E-state index in [1.165, 1.54) is 0 Å². The number of hydrogen-bond acceptors (Lipinski definition) is 4. The molecule has 0 aromatic heterocycles. The number of aryl methyl sites for hydroxylation is 1. The predicted octanol–water partition coefficient (Wildman–Crippen LogP) is 3.40. The van der Waals surface area contributed by atoms with Crippen LogP contribution in [0.15, 0.2) is 42.5 Å². The molecule has 0 bridgehead atoms. The maximum atomic E-state index is 12.0. The average Bonchev–Trinajstić information content (AvgIpc) is 2.62. The lowest BCUT2D eigenvalue weighted by atomic mass is 10.1. The highest BCUT2D eigenvalue weighted by Gasteiger charge is 2.06. The van der Waals surface area contributed by atoms with Crippen molar-refractivity contribution in [1.82, 2.24) is 0 Å². The number of amides is 2. The molecule has 6 heteroatoms. The molecule has 132 valence electrons. The van der Waals surface area contributed by atoms with Crippen molar-refractivity contribution in [3.8, 4) is 5.75 Å². The van der Waals surface area contributed by atoms with Crippen LogP contribution in [0.1, 0.15) is 18.9 Å². The van der Waals surface area contributed by atoms with Crippen LogP contribution in [0.4, 0.5) is 17.1 Å². The van der Waals surface area contributed by atoms with Crippen molar-refractivity contribution in [3.05, 3.63) is 48.0 Å². The van der Waals surface area contributed by atoms with E-state index in [1.54, 1.807) is 38.3 Å². The molecular weight excluding hydrogens is 318 g/mol. The quantitative estimate of drug-likeness (QED) is 0.721. The van der Waals surface area contributed by atoms with Crippen LogP contribution >= 0.6 is 0 Å². The van der Waals surface area contributed by atoms with Gasteiger partial charge in [-0.1, -0.05) is 13.0 Å². The van der Waals surface area contributed by atoms with Crippen LogP contribution in [-0.2, 0) is 9.59 Å². The Morgan fingerprint density at radius 3 is 2.28 bits per heavy atom. The van der Waals surface area contributed by atoms with E-state index >= 15 is 0 Å². The van der Waals surface area contributed by atoms with Crippen LogP contribution in [0.3, 0.4) is 0 Å². The second-order valence-corrected chi connectivity index (χ2v) is 5.56. The first-order chi connectivity index (χ1) is 12.0. The molecule has 2 aromatic rings. The van der Waals surface area contributed by atoms with Gasteiger partial charge in [0.25, 0.3) is 0 Å². The van der Waals surface area contributed by atoms with E-state index in [2.05, 4.69) is 16.0 Å². The maximum Gasteiger partial charge on any atom is 0.243 e. The number of carbonyl (C=O) groups excluding carboxylic acids is 2. The van der Waals surface area contributed by atoms with Gasteiger partial charge in [-0.2, -0.15) is 0 Å². The summed E-state index contributed by atoms with van der Waals surface area (Å²) in [6.45, 7) is 3.85. The molecule has 0 aliphatic rings. The van der Waals surface area contributed by atoms with Crippen molar-refractivity contribution in [1.29, 1.82) is 0 Å². The van der Waals surface area contributed by atoms with Crippen molar-refractivity contribution >= 4 is 28.9 Å². The molecule has 2 rings (SSSR count). The van der Waals surface area contributed by atoms with E-state index in [-0.39, 0.29) is 18.4 Å². The number of rotatable bonds is 7. The van der Waals surface area contributed by atoms with Gasteiger partial charge >= 0.3 is 0 Å². The van der Waals surface area contributed by atoms with Gasteiger partial charge in [-0.15, -0.1) is 0 Å². The van der Waals surface area contributed by atoms with E-state index in [4.69, 9.17) is 4.74 Å². The highest BCUT2D eigenvalue weighted by atomic mass is 16.5. The van der Waals surface area contributed by atoms with Crippen molar-refractivity contribution < 1.29 is 14.3 Å². The lowest BCUT2D eigenvalue weighted by Gasteiger charge is -2.12. The van der Waals surface area contributed by atoms with Gasteiger partial charge in [0.15, 0.2) is 0 Å². The van der Waals surface area contributed by atoms with Crippen LogP contribution in [0.2, 0.25) is 0 Å². The van der Waals surface area contributed by atoms with E-state index in [1.807, 2.05) is 25.1 Å². The summed E-state index contributed by atoms with van der Waals surface area (Å²) in [5.41, 5.74) is 3.18. The Kier molecular flexibility index (Phi) is 6.39. The van der Waals surface area contributed by atoms with Crippen molar-refractivity contribution in [3.63, 3.8) is 0 Å². The molecule has 0 aliphatic carbocycles. The second-order valence-electron chi connectivity index (χ2n) is 5.56. The molecule has 3 N–H and O–H groups in total. The molecule has 0 radical (unpaired) electrons. The van der Waals surface area contributed by atoms with Gasteiger partial charge in [0.2, 0.25) is 11.8 Å². The zero-order valence-electron chi connectivity index (χ0n) is 14.7. The predicted molar refractivity (Wildman–Crippen MR) is 100 cm³/mol. The van der Waals surface area contributed by atoms with Gasteiger partial charge in [-0.3, -0.25) is 9.59 Å². The highest BCUT2D eigenvalue weighted by molar-refractivity contribution is 5.94. The molecule has 0 heterocycles. The topological polar surface area (TPSA) is 79.5 Å². The molecule has 25 heavy (non-hydrogen) atoms. The Bertz CT molecular complexity index is 742. The smallest absolute Gasteiger partial charge is 0.243 e. The van der Waals surface area contributed by atoms with E-state index in [9.17, 15) is 9.59 Å². The first-order valence-electron chi connectivity index (χ1n) is 8.10. The molecule has 2 amide bonds. The molecule has 0 fully saturated rings. The molecule has 0 aliphatic heterocycles. The van der Waals surface area contributed by atoms with E-state index in [0.717, 1.165) is 22.7 Å². The molecule has 0 atom stereocenters. The third-order valence-electron chi connectivity index (χ3n) is 3.66. The minimum atomic E-state index is -0.162. The van der Waals surface area contributed by atoms with Gasteiger partial charge in [0.05, 0.1) is 13.7 Å². The third-order valence-corrected chi connectivity index (χ3v) is 3.66. The molecule has 0 spiro atoms. The van der Waals surface area contributed by atoms with Gasteiger partial charge in [-0.25, -0.2) is 0 Å². The number of nitrogens with one attached hydrogen (secondary N) is 3. The Balaban J connectivity index is 1.92. The van der Waals surface area contributed by atoms with Gasteiger partial charge in [0.1, 0.15) is 5.75 Å². The number of benzene rings is 2. The Hall–Kier alpha value is -3.02. The summed E-state index contributed by atoms with van der Waals surface area (Å²) in [6.07, 6.45) is 0.418. The van der Waals surface area contributed by atoms with Crippen LogP contribution < -0.4 is 20.7 Å². The SMILES string of the molecule is CCC(=O)Nc1cc(NCC(=O)Nc2ccc(OC)cc2)ccc1C. The maximum absolute atomic E-state index is 12.0. The average molecular weight is 341 g/mol. The lowest BCUT2D eigenvalue weighted by molar-refractivity contribution is -0.116. The lowest BCUT2D eigenvalue weighted by Crippen LogP contribution is -2.21. The van der Waals surface area contributed by atoms with E-state index < -0.39 is 0 Å². The molecule has 6 nitrogen and oxygen atoms in total. The molecule has 2 aromatic carbocycles. The number of methoxy groups -OCH3 is 1.